The van der Waals surface area contributed by atoms with E-state index in [0.29, 0.717) is 25.0 Å². The van der Waals surface area contributed by atoms with Gasteiger partial charge in [0.15, 0.2) is 5.60 Å². The van der Waals surface area contributed by atoms with Crippen molar-refractivity contribution < 1.29 is 33.5 Å². The van der Waals surface area contributed by atoms with Crippen LogP contribution in [0.3, 0.4) is 0 Å². The molecule has 6 rings (SSSR count). The maximum atomic E-state index is 14.7. The summed E-state index contributed by atoms with van der Waals surface area (Å²) in [5.41, 5.74) is 2.79. The van der Waals surface area contributed by atoms with Crippen LogP contribution >= 0.6 is 0 Å². The Balaban J connectivity index is 1.27. The molecule has 6 atom stereocenters. The van der Waals surface area contributed by atoms with Crippen LogP contribution in [0.1, 0.15) is 87.5 Å². The number of ketones is 1. The number of rotatable bonds is 12. The Morgan fingerprint density at radius 2 is 1.69 bits per heavy atom. The fourth-order valence-electron chi connectivity index (χ4n) is 7.81. The Labute approximate surface area is 305 Å². The maximum Gasteiger partial charge on any atom is 0.289 e. The number of hydrogen-bond acceptors (Lipinski definition) is 8. The zero-order valence-corrected chi connectivity index (χ0v) is 31.2. The van der Waals surface area contributed by atoms with E-state index in [4.69, 9.17) is 9.57 Å². The van der Waals surface area contributed by atoms with Crippen molar-refractivity contribution in [2.45, 2.75) is 103 Å². The van der Waals surface area contributed by atoms with Crippen molar-refractivity contribution in [3.8, 4) is 5.75 Å². The van der Waals surface area contributed by atoms with Gasteiger partial charge in [-0.1, -0.05) is 69.1 Å². The van der Waals surface area contributed by atoms with Gasteiger partial charge in [-0.2, -0.15) is 0 Å². The highest BCUT2D eigenvalue weighted by Gasteiger charge is 2.56. The second kappa shape index (κ2) is 14.4. The average Bonchev–Trinajstić information content (AvgIpc) is 4.03. The predicted octanol–water partition coefficient (Wildman–Crippen LogP) is 3.71. The highest BCUT2D eigenvalue weighted by Crippen LogP contribution is 2.48. The number of amides is 4. The highest BCUT2D eigenvalue weighted by molar-refractivity contribution is 6.38. The molecule has 12 heteroatoms. The molecule has 2 aliphatic carbocycles. The SMILES string of the molecule is CNC(=O)C(=O)[C@H](CC1CC1)NC(=O)[C@@H]1C[C@]2(CC(c3cc(C)c(OC)c(C)c3)=NO2)CN1C(=O)[C@@H](NC(=O)[C@H]1CC1c1ccccc1)C(C)(C)C. The molecule has 4 aliphatic rings. The zero-order chi connectivity index (χ0) is 37.5. The third-order valence-electron chi connectivity index (χ3n) is 10.9. The lowest BCUT2D eigenvalue weighted by Crippen LogP contribution is -2.59. The normalized spacial score (nSPS) is 24.7. The lowest BCUT2D eigenvalue weighted by Gasteiger charge is -2.35. The van der Waals surface area contributed by atoms with Gasteiger partial charge in [-0.3, -0.25) is 24.0 Å². The number of hydrogen-bond donors (Lipinski definition) is 3. The van der Waals surface area contributed by atoms with Crippen LogP contribution in [0, 0.1) is 31.1 Å². The molecule has 2 heterocycles. The summed E-state index contributed by atoms with van der Waals surface area (Å²) in [4.78, 5) is 75.8. The van der Waals surface area contributed by atoms with Crippen LogP contribution in [0.15, 0.2) is 47.6 Å². The van der Waals surface area contributed by atoms with Crippen LogP contribution in [-0.2, 0) is 28.8 Å². The van der Waals surface area contributed by atoms with Crippen LogP contribution in [-0.4, -0.2) is 84.5 Å². The fraction of sp³-hybridized carbons (Fsp3) is 0.550. The number of nitrogens with zero attached hydrogens (tertiary/aromatic N) is 2. The standard InChI is InChI=1S/C40H51N5O7/c1-22-15-26(16-23(2)33(22)51-7)30-19-40(52-44-30)20-31(36(48)42-29(17-24-13-14-24)32(46)37(49)41-6)45(21-40)38(50)34(39(3,4)5)43-35(47)28-18-27(28)25-11-9-8-10-12-25/h8-12,15-16,24,27-29,31,34H,13-14,17-21H2,1-7H3,(H,41,49)(H,42,48)(H,43,47)/t27?,28-,29-,31-,34+,40+/m0/s1. The summed E-state index contributed by atoms with van der Waals surface area (Å²) >= 11 is 0. The maximum absolute atomic E-state index is 14.7. The largest absolute Gasteiger partial charge is 0.496 e. The third kappa shape index (κ3) is 7.71. The summed E-state index contributed by atoms with van der Waals surface area (Å²) in [5.74, 6) is -1.83. The Hall–Kier alpha value is -4.74. The van der Waals surface area contributed by atoms with Crippen LogP contribution < -0.4 is 20.7 Å². The number of benzene rings is 2. The number of ether oxygens (including phenoxy) is 1. The second-order valence-electron chi connectivity index (χ2n) is 16.2. The van der Waals surface area contributed by atoms with E-state index in [-0.39, 0.29) is 36.6 Å². The Morgan fingerprint density at radius 1 is 1.02 bits per heavy atom. The molecule has 0 bridgehead atoms. The van der Waals surface area contributed by atoms with Gasteiger partial charge in [-0.15, -0.1) is 0 Å². The van der Waals surface area contributed by atoms with Crippen molar-refractivity contribution in [1.82, 2.24) is 20.9 Å². The van der Waals surface area contributed by atoms with Gasteiger partial charge in [-0.25, -0.2) is 0 Å². The first-order valence-electron chi connectivity index (χ1n) is 18.3. The number of oxime groups is 1. The van der Waals surface area contributed by atoms with E-state index in [9.17, 15) is 24.0 Å². The molecule has 0 radical (unpaired) electrons. The van der Waals surface area contributed by atoms with E-state index < -0.39 is 52.6 Å². The van der Waals surface area contributed by atoms with Gasteiger partial charge in [0.2, 0.25) is 23.5 Å². The molecule has 1 spiro atoms. The summed E-state index contributed by atoms with van der Waals surface area (Å²) < 4.78 is 5.55. The molecule has 0 aromatic heterocycles. The lowest BCUT2D eigenvalue weighted by atomic mass is 9.85. The van der Waals surface area contributed by atoms with Crippen LogP contribution in [0.5, 0.6) is 5.75 Å². The number of carbonyl (C=O) groups is 5. The Morgan fingerprint density at radius 3 is 2.29 bits per heavy atom. The molecule has 12 nitrogen and oxygen atoms in total. The summed E-state index contributed by atoms with van der Waals surface area (Å²) in [7, 11) is 3.01. The number of aryl methyl sites for hydroxylation is 2. The van der Waals surface area contributed by atoms with E-state index in [1.54, 1.807) is 7.11 Å². The average molecular weight is 714 g/mol. The molecule has 52 heavy (non-hydrogen) atoms. The molecule has 3 fully saturated rings. The van der Waals surface area contributed by atoms with Crippen LogP contribution in [0.2, 0.25) is 0 Å². The van der Waals surface area contributed by atoms with Gasteiger partial charge < -0.3 is 30.4 Å². The number of methoxy groups -OCH3 is 1. The van der Waals surface area contributed by atoms with Crippen LogP contribution in [0.25, 0.3) is 0 Å². The molecule has 4 amide bonds. The summed E-state index contributed by atoms with van der Waals surface area (Å²) in [6.45, 7) is 9.61. The van der Waals surface area contributed by atoms with E-state index in [1.165, 1.54) is 11.9 Å². The van der Waals surface area contributed by atoms with E-state index >= 15 is 0 Å². The number of Topliss-reactive ketones (excluding diaryl/α,β-unsaturated/α-hetero) is 1. The Bertz CT molecular complexity index is 1760. The van der Waals surface area contributed by atoms with Gasteiger partial charge in [0, 0.05) is 31.4 Å². The molecule has 2 aromatic rings. The smallest absolute Gasteiger partial charge is 0.289 e. The molecular formula is C40H51N5O7. The summed E-state index contributed by atoms with van der Waals surface area (Å²) in [6.07, 6.45) is 3.32. The molecule has 278 valence electrons. The van der Waals surface area contributed by atoms with E-state index in [2.05, 4.69) is 21.1 Å². The van der Waals surface area contributed by atoms with Gasteiger partial charge in [-0.05, 0) is 72.8 Å². The predicted molar refractivity (Wildman–Crippen MR) is 195 cm³/mol. The van der Waals surface area contributed by atoms with E-state index in [1.807, 2.05) is 77.1 Å². The number of likely N-dealkylation sites (tertiary alicyclic amines) is 1. The van der Waals surface area contributed by atoms with Crippen molar-refractivity contribution in [2.75, 3.05) is 20.7 Å². The number of carbonyl (C=O) groups excluding carboxylic acids is 5. The molecule has 1 unspecified atom stereocenters. The van der Waals surface area contributed by atoms with Crippen molar-refractivity contribution >= 4 is 35.1 Å². The van der Waals surface area contributed by atoms with Gasteiger partial charge in [0.1, 0.15) is 17.8 Å². The quantitative estimate of drug-likeness (QED) is 0.284. The van der Waals surface area contributed by atoms with Gasteiger partial charge in [0.05, 0.1) is 25.4 Å². The van der Waals surface area contributed by atoms with Crippen molar-refractivity contribution in [3.63, 3.8) is 0 Å². The second-order valence-corrected chi connectivity index (χ2v) is 16.2. The first-order chi connectivity index (χ1) is 24.6. The fourth-order valence-corrected chi connectivity index (χ4v) is 7.81. The molecule has 2 aromatic carbocycles. The number of likely N-dealkylation sites (N-methyl/N-ethyl adjacent to an activating group) is 1. The molecule has 2 saturated carbocycles. The van der Waals surface area contributed by atoms with Gasteiger partial charge in [0.25, 0.3) is 5.91 Å². The summed E-state index contributed by atoms with van der Waals surface area (Å²) in [5, 5.41) is 12.7. The minimum absolute atomic E-state index is 0.0419. The van der Waals surface area contributed by atoms with Crippen molar-refractivity contribution in [1.29, 1.82) is 0 Å². The van der Waals surface area contributed by atoms with Crippen LogP contribution in [0.4, 0.5) is 0 Å². The minimum atomic E-state index is -1.04. The topological polar surface area (TPSA) is 156 Å². The van der Waals surface area contributed by atoms with E-state index in [0.717, 1.165) is 40.8 Å². The molecule has 2 aliphatic heterocycles. The van der Waals surface area contributed by atoms with Gasteiger partial charge >= 0.3 is 0 Å². The Kier molecular flexibility index (Phi) is 10.2. The zero-order valence-electron chi connectivity index (χ0n) is 31.2. The highest BCUT2D eigenvalue weighted by atomic mass is 16.7. The minimum Gasteiger partial charge on any atom is -0.496 e. The van der Waals surface area contributed by atoms with Crippen molar-refractivity contribution in [2.24, 2.45) is 22.4 Å². The monoisotopic (exact) mass is 713 g/mol. The lowest BCUT2D eigenvalue weighted by molar-refractivity contribution is -0.145. The first-order valence-corrected chi connectivity index (χ1v) is 18.3. The number of nitrogens with one attached hydrogen (secondary N) is 3. The molecule has 3 N–H and O–H groups in total. The molecule has 1 saturated heterocycles. The van der Waals surface area contributed by atoms with Crippen molar-refractivity contribution in [3.05, 3.63) is 64.7 Å². The molecular weight excluding hydrogens is 662 g/mol. The third-order valence-corrected chi connectivity index (χ3v) is 10.9. The first kappa shape index (κ1) is 37.0. The summed E-state index contributed by atoms with van der Waals surface area (Å²) in [6, 6.07) is 10.8.